The van der Waals surface area contributed by atoms with Crippen LogP contribution in [0.4, 0.5) is 0 Å². The lowest BCUT2D eigenvalue weighted by molar-refractivity contribution is 0.667. The van der Waals surface area contributed by atoms with Gasteiger partial charge < -0.3 is 0 Å². The van der Waals surface area contributed by atoms with Gasteiger partial charge in [0.15, 0.2) is 0 Å². The van der Waals surface area contributed by atoms with Gasteiger partial charge in [-0.2, -0.15) is 0 Å². The molecule has 2 heterocycles. The molecule has 2 aromatic heterocycles. The molecule has 128 valence electrons. The number of rotatable bonds is 11. The predicted octanol–water partition coefficient (Wildman–Crippen LogP) is 8.48. The van der Waals surface area contributed by atoms with Gasteiger partial charge in [-0.3, -0.25) is 0 Å². The molecule has 0 amide bonds. The van der Waals surface area contributed by atoms with Gasteiger partial charge in [0.05, 0.1) is 3.79 Å². The average Bonchev–Trinajstić information content (AvgIpc) is 3.15. The molecule has 0 nitrogen and oxygen atoms in total. The second-order valence-electron chi connectivity index (χ2n) is 6.35. The molecule has 0 aliphatic rings. The van der Waals surface area contributed by atoms with Gasteiger partial charge in [-0.1, -0.05) is 52.4 Å². The van der Waals surface area contributed by atoms with Crippen LogP contribution in [0.1, 0.15) is 76.3 Å². The Bertz CT molecular complexity index is 568. The van der Waals surface area contributed by atoms with Gasteiger partial charge >= 0.3 is 0 Å². The highest BCUT2D eigenvalue weighted by molar-refractivity contribution is 9.11. The highest BCUT2D eigenvalue weighted by Gasteiger charge is 2.10. The monoisotopic (exact) mass is 412 g/mol. The van der Waals surface area contributed by atoms with Gasteiger partial charge in [0.1, 0.15) is 0 Å². The molecule has 0 spiro atoms. The fraction of sp³-hybridized carbons (Fsp3) is 0.600. The van der Waals surface area contributed by atoms with Crippen molar-refractivity contribution >= 4 is 38.6 Å². The van der Waals surface area contributed by atoms with Crippen molar-refractivity contribution in [2.45, 2.75) is 78.1 Å². The molecule has 0 N–H and O–H groups in total. The lowest BCUT2D eigenvalue weighted by atomic mass is 10.1. The number of hydrogen-bond acceptors (Lipinski definition) is 2. The molecule has 0 radical (unpaired) electrons. The van der Waals surface area contributed by atoms with Gasteiger partial charge in [-0.25, -0.2) is 0 Å². The Morgan fingerprint density at radius 1 is 0.826 bits per heavy atom. The second kappa shape index (κ2) is 10.7. The van der Waals surface area contributed by atoms with Crippen LogP contribution in [0.5, 0.6) is 0 Å². The van der Waals surface area contributed by atoms with Crippen LogP contribution in [-0.4, -0.2) is 0 Å². The molecule has 0 saturated heterocycles. The highest BCUT2D eigenvalue weighted by atomic mass is 79.9. The van der Waals surface area contributed by atoms with Crippen LogP contribution in [0.15, 0.2) is 21.3 Å². The summed E-state index contributed by atoms with van der Waals surface area (Å²) in [5.74, 6) is 0. The second-order valence-corrected chi connectivity index (χ2v) is 9.63. The third-order valence-corrected chi connectivity index (χ3v) is 7.41. The normalized spacial score (nSPS) is 11.3. The zero-order chi connectivity index (χ0) is 16.5. The summed E-state index contributed by atoms with van der Waals surface area (Å²) in [5, 5.41) is 2.36. The van der Waals surface area contributed by atoms with E-state index in [9.17, 15) is 0 Å². The third kappa shape index (κ3) is 6.36. The summed E-state index contributed by atoms with van der Waals surface area (Å²) in [5.41, 5.74) is 3.02. The number of unbranched alkanes of at least 4 members (excludes halogenated alkanes) is 6. The Labute approximate surface area is 158 Å². The Hall–Kier alpha value is -0.120. The molecular formula is C20H29BrS2. The largest absolute Gasteiger partial charge is 0.143 e. The molecule has 23 heavy (non-hydrogen) atoms. The van der Waals surface area contributed by atoms with Crippen LogP contribution in [0.3, 0.4) is 0 Å². The molecule has 0 unspecified atom stereocenters. The molecular weight excluding hydrogens is 384 g/mol. The van der Waals surface area contributed by atoms with Gasteiger partial charge in [0.2, 0.25) is 0 Å². The Kier molecular flexibility index (Phi) is 8.92. The molecule has 0 atom stereocenters. The third-order valence-electron chi connectivity index (χ3n) is 4.27. The first kappa shape index (κ1) is 19.2. The number of aryl methyl sites for hydroxylation is 2. The van der Waals surface area contributed by atoms with E-state index in [0.29, 0.717) is 0 Å². The number of hydrogen-bond donors (Lipinski definition) is 0. The SMILES string of the molecule is CCCCCCc1csc(-c2cc(CCCCCC)c(Br)s2)c1. The molecule has 3 heteroatoms. The van der Waals surface area contributed by atoms with Crippen molar-refractivity contribution in [1.82, 2.24) is 0 Å². The number of thiophene rings is 2. The quantitative estimate of drug-likeness (QED) is 0.324. The first-order valence-corrected chi connectivity index (χ1v) is 11.6. The van der Waals surface area contributed by atoms with Crippen molar-refractivity contribution < 1.29 is 0 Å². The molecule has 0 fully saturated rings. The van der Waals surface area contributed by atoms with E-state index in [1.54, 1.807) is 0 Å². The van der Waals surface area contributed by atoms with Crippen molar-refractivity contribution in [1.29, 1.82) is 0 Å². The fourth-order valence-electron chi connectivity index (χ4n) is 2.83. The van der Waals surface area contributed by atoms with E-state index in [1.807, 2.05) is 22.7 Å². The minimum absolute atomic E-state index is 1.21. The van der Waals surface area contributed by atoms with Crippen LogP contribution in [0.25, 0.3) is 9.75 Å². The minimum atomic E-state index is 1.21. The number of halogens is 1. The molecule has 0 aliphatic heterocycles. The standard InChI is InChI=1S/C20H29BrS2/c1-3-5-7-9-11-16-13-18(22-15-16)19-14-17(20(21)23-19)12-10-8-6-4-2/h13-15H,3-12H2,1-2H3. The van der Waals surface area contributed by atoms with Crippen molar-refractivity contribution in [3.05, 3.63) is 32.4 Å². The lowest BCUT2D eigenvalue weighted by Gasteiger charge is -1.98. The molecule has 0 aliphatic carbocycles. The maximum Gasteiger partial charge on any atom is 0.0737 e. The maximum absolute atomic E-state index is 3.77. The fourth-order valence-corrected chi connectivity index (χ4v) is 5.64. The summed E-state index contributed by atoms with van der Waals surface area (Å²) < 4.78 is 1.34. The van der Waals surface area contributed by atoms with Crippen LogP contribution in [0.2, 0.25) is 0 Å². The van der Waals surface area contributed by atoms with Crippen molar-refractivity contribution in [3.63, 3.8) is 0 Å². The highest BCUT2D eigenvalue weighted by Crippen LogP contribution is 2.39. The first-order valence-electron chi connectivity index (χ1n) is 9.10. The summed E-state index contributed by atoms with van der Waals surface area (Å²) in [7, 11) is 0. The summed E-state index contributed by atoms with van der Waals surface area (Å²) in [6, 6.07) is 4.82. The maximum atomic E-state index is 3.77. The van der Waals surface area contributed by atoms with Crippen LogP contribution in [-0.2, 0) is 12.8 Å². The summed E-state index contributed by atoms with van der Waals surface area (Å²) in [6.07, 6.45) is 13.2. The van der Waals surface area contributed by atoms with Crippen molar-refractivity contribution in [2.24, 2.45) is 0 Å². The summed E-state index contributed by atoms with van der Waals surface area (Å²) >= 11 is 7.59. The summed E-state index contributed by atoms with van der Waals surface area (Å²) in [4.78, 5) is 2.88. The van der Waals surface area contributed by atoms with E-state index < -0.39 is 0 Å². The van der Waals surface area contributed by atoms with Crippen molar-refractivity contribution in [2.75, 3.05) is 0 Å². The van der Waals surface area contributed by atoms with Crippen LogP contribution < -0.4 is 0 Å². The molecule has 0 saturated carbocycles. The Balaban J connectivity index is 1.90. The Morgan fingerprint density at radius 3 is 2.22 bits per heavy atom. The van der Waals surface area contributed by atoms with Gasteiger partial charge in [0, 0.05) is 9.75 Å². The molecule has 0 aromatic carbocycles. The van der Waals surface area contributed by atoms with Gasteiger partial charge in [0.25, 0.3) is 0 Å². The topological polar surface area (TPSA) is 0 Å². The van der Waals surface area contributed by atoms with Crippen LogP contribution >= 0.6 is 38.6 Å². The predicted molar refractivity (Wildman–Crippen MR) is 111 cm³/mol. The lowest BCUT2D eigenvalue weighted by Crippen LogP contribution is -1.83. The zero-order valence-electron chi connectivity index (χ0n) is 14.5. The molecule has 2 rings (SSSR count). The van der Waals surface area contributed by atoms with Crippen LogP contribution in [0, 0.1) is 0 Å². The summed E-state index contributed by atoms with van der Waals surface area (Å²) in [6.45, 7) is 4.55. The minimum Gasteiger partial charge on any atom is -0.143 e. The smallest absolute Gasteiger partial charge is 0.0737 e. The Morgan fingerprint density at radius 2 is 1.52 bits per heavy atom. The molecule has 2 aromatic rings. The van der Waals surface area contributed by atoms with E-state index in [-0.39, 0.29) is 0 Å². The van der Waals surface area contributed by atoms with E-state index in [1.165, 1.54) is 88.9 Å². The van der Waals surface area contributed by atoms with Crippen molar-refractivity contribution in [3.8, 4) is 9.75 Å². The zero-order valence-corrected chi connectivity index (χ0v) is 17.7. The van der Waals surface area contributed by atoms with E-state index in [0.717, 1.165) is 0 Å². The molecule has 0 bridgehead atoms. The van der Waals surface area contributed by atoms with E-state index in [4.69, 9.17) is 0 Å². The first-order chi connectivity index (χ1) is 11.2. The van der Waals surface area contributed by atoms with E-state index in [2.05, 4.69) is 47.3 Å². The average molecular weight is 413 g/mol. The van der Waals surface area contributed by atoms with Gasteiger partial charge in [-0.05, 0) is 70.3 Å². The van der Waals surface area contributed by atoms with E-state index >= 15 is 0 Å². The van der Waals surface area contributed by atoms with Gasteiger partial charge in [-0.15, -0.1) is 22.7 Å².